The molecule has 0 bridgehead atoms. The predicted octanol–water partition coefficient (Wildman–Crippen LogP) is 8.24. The molecule has 0 aliphatic heterocycles. The number of benzene rings is 5. The van der Waals surface area contributed by atoms with Gasteiger partial charge in [0, 0.05) is 28.3 Å². The summed E-state index contributed by atoms with van der Waals surface area (Å²) in [6.45, 7) is 0. The van der Waals surface area contributed by atoms with Crippen LogP contribution in [0.5, 0.6) is 0 Å². The average molecular weight is 487 g/mol. The molecule has 2 aromatic heterocycles. The van der Waals surface area contributed by atoms with Gasteiger partial charge in [0.25, 0.3) is 0 Å². The minimum Gasteiger partial charge on any atom is -0.256 e. The van der Waals surface area contributed by atoms with Crippen molar-refractivity contribution >= 4 is 21.7 Å². The zero-order chi connectivity index (χ0) is 25.3. The van der Waals surface area contributed by atoms with Crippen LogP contribution < -0.4 is 0 Å². The second-order valence-electron chi connectivity index (χ2n) is 9.15. The molecule has 0 amide bonds. The second-order valence-corrected chi connectivity index (χ2v) is 9.15. The van der Waals surface area contributed by atoms with E-state index in [2.05, 4.69) is 71.7 Å². The van der Waals surface area contributed by atoms with E-state index in [0.29, 0.717) is 17.5 Å². The molecule has 4 nitrogen and oxygen atoms in total. The highest BCUT2D eigenvalue weighted by atomic mass is 15.0. The van der Waals surface area contributed by atoms with Crippen LogP contribution in [0.15, 0.2) is 134 Å². The molecular weight excluding hydrogens is 464 g/mol. The highest BCUT2D eigenvalue weighted by Gasteiger charge is 2.13. The van der Waals surface area contributed by atoms with E-state index in [0.717, 1.165) is 38.7 Å². The van der Waals surface area contributed by atoms with Crippen molar-refractivity contribution in [3.05, 3.63) is 134 Å². The molecular formula is C34H22N4. The van der Waals surface area contributed by atoms with Crippen LogP contribution in [0.4, 0.5) is 0 Å². The summed E-state index contributed by atoms with van der Waals surface area (Å²) in [6, 6.07) is 43.3. The Balaban J connectivity index is 1.35. The monoisotopic (exact) mass is 486 g/mol. The Morgan fingerprint density at radius 1 is 0.395 bits per heavy atom. The molecule has 0 saturated carbocycles. The van der Waals surface area contributed by atoms with Crippen molar-refractivity contribution in [2.45, 2.75) is 0 Å². The standard InChI is InChI=1S/C34H22N4/c1-3-10-25(11-4-1)32-36-33(26-12-5-2-6-13-26)38-34(37-32)27-17-15-24(16-18-27)29-21-22-35-30-20-19-23-9-7-8-14-28(23)31(29)30/h1-22H. The molecule has 4 heteroatoms. The molecule has 0 aliphatic rings. The zero-order valence-corrected chi connectivity index (χ0v) is 20.5. The van der Waals surface area contributed by atoms with Gasteiger partial charge in [-0.3, -0.25) is 4.98 Å². The number of nitrogens with zero attached hydrogens (tertiary/aromatic N) is 4. The Bertz CT molecular complexity index is 1840. The van der Waals surface area contributed by atoms with Crippen LogP contribution in [0.3, 0.4) is 0 Å². The van der Waals surface area contributed by atoms with Crippen LogP contribution in [0, 0.1) is 0 Å². The lowest BCUT2D eigenvalue weighted by Crippen LogP contribution is -2.00. The fraction of sp³-hybridized carbons (Fsp3) is 0. The quantitative estimate of drug-likeness (QED) is 0.235. The zero-order valence-electron chi connectivity index (χ0n) is 20.5. The van der Waals surface area contributed by atoms with Crippen LogP contribution in [0.2, 0.25) is 0 Å². The van der Waals surface area contributed by atoms with Gasteiger partial charge in [0.1, 0.15) is 0 Å². The predicted molar refractivity (Wildman–Crippen MR) is 154 cm³/mol. The molecule has 0 spiro atoms. The largest absolute Gasteiger partial charge is 0.256 e. The van der Waals surface area contributed by atoms with Crippen molar-refractivity contribution in [2.75, 3.05) is 0 Å². The first-order valence-corrected chi connectivity index (χ1v) is 12.6. The van der Waals surface area contributed by atoms with E-state index in [1.165, 1.54) is 10.8 Å². The molecule has 38 heavy (non-hydrogen) atoms. The van der Waals surface area contributed by atoms with Crippen molar-refractivity contribution in [3.8, 4) is 45.3 Å². The Hall–Kier alpha value is -5.22. The Labute approximate surface area is 220 Å². The molecule has 7 aromatic rings. The first-order valence-electron chi connectivity index (χ1n) is 12.6. The molecule has 178 valence electrons. The van der Waals surface area contributed by atoms with Gasteiger partial charge in [0.05, 0.1) is 5.52 Å². The Morgan fingerprint density at radius 3 is 1.55 bits per heavy atom. The topological polar surface area (TPSA) is 51.6 Å². The minimum absolute atomic E-state index is 0.647. The van der Waals surface area contributed by atoms with Crippen molar-refractivity contribution in [3.63, 3.8) is 0 Å². The Kier molecular flexibility index (Phi) is 5.41. The Morgan fingerprint density at radius 2 is 0.921 bits per heavy atom. The van der Waals surface area contributed by atoms with Crippen molar-refractivity contribution in [2.24, 2.45) is 0 Å². The lowest BCUT2D eigenvalue weighted by molar-refractivity contribution is 1.07. The van der Waals surface area contributed by atoms with Crippen molar-refractivity contribution in [1.82, 2.24) is 19.9 Å². The van der Waals surface area contributed by atoms with Gasteiger partial charge < -0.3 is 0 Å². The van der Waals surface area contributed by atoms with Gasteiger partial charge in [-0.25, -0.2) is 15.0 Å². The minimum atomic E-state index is 0.647. The highest BCUT2D eigenvalue weighted by molar-refractivity contribution is 6.12. The maximum atomic E-state index is 4.86. The summed E-state index contributed by atoms with van der Waals surface area (Å²) in [7, 11) is 0. The van der Waals surface area contributed by atoms with E-state index >= 15 is 0 Å². The van der Waals surface area contributed by atoms with Gasteiger partial charge in [-0.05, 0) is 34.0 Å². The van der Waals surface area contributed by atoms with Gasteiger partial charge in [-0.1, -0.05) is 115 Å². The van der Waals surface area contributed by atoms with Crippen LogP contribution in [0.1, 0.15) is 0 Å². The molecule has 0 aliphatic carbocycles. The van der Waals surface area contributed by atoms with Gasteiger partial charge >= 0.3 is 0 Å². The van der Waals surface area contributed by atoms with Crippen LogP contribution in [-0.2, 0) is 0 Å². The fourth-order valence-corrected chi connectivity index (χ4v) is 4.90. The molecule has 0 atom stereocenters. The van der Waals surface area contributed by atoms with E-state index in [9.17, 15) is 0 Å². The summed E-state index contributed by atoms with van der Waals surface area (Å²) in [5.41, 5.74) is 6.12. The first kappa shape index (κ1) is 22.0. The van der Waals surface area contributed by atoms with E-state index in [1.54, 1.807) is 0 Å². The third-order valence-corrected chi connectivity index (χ3v) is 6.78. The van der Waals surface area contributed by atoms with E-state index in [-0.39, 0.29) is 0 Å². The van der Waals surface area contributed by atoms with Gasteiger partial charge in [-0.2, -0.15) is 0 Å². The molecule has 0 unspecified atom stereocenters. The number of rotatable bonds is 4. The highest BCUT2D eigenvalue weighted by Crippen LogP contribution is 2.34. The third-order valence-electron chi connectivity index (χ3n) is 6.78. The molecule has 2 heterocycles. The summed E-state index contributed by atoms with van der Waals surface area (Å²) in [6.07, 6.45) is 1.88. The number of fused-ring (bicyclic) bond motifs is 3. The summed E-state index contributed by atoms with van der Waals surface area (Å²) in [4.78, 5) is 19.2. The van der Waals surface area contributed by atoms with E-state index in [1.807, 2.05) is 66.9 Å². The smallest absolute Gasteiger partial charge is 0.164 e. The second kappa shape index (κ2) is 9.34. The number of aromatic nitrogens is 4. The molecule has 0 saturated heterocycles. The van der Waals surface area contributed by atoms with Crippen molar-refractivity contribution < 1.29 is 0 Å². The third kappa shape index (κ3) is 3.98. The lowest BCUT2D eigenvalue weighted by atomic mass is 9.96. The van der Waals surface area contributed by atoms with Crippen molar-refractivity contribution in [1.29, 1.82) is 0 Å². The average Bonchev–Trinajstić information content (AvgIpc) is 3.01. The van der Waals surface area contributed by atoms with Gasteiger partial charge in [0.2, 0.25) is 0 Å². The summed E-state index contributed by atoms with van der Waals surface area (Å²) in [5.74, 6) is 1.96. The maximum absolute atomic E-state index is 4.86. The molecule has 0 radical (unpaired) electrons. The van der Waals surface area contributed by atoms with E-state index in [4.69, 9.17) is 15.0 Å². The fourth-order valence-electron chi connectivity index (χ4n) is 4.90. The summed E-state index contributed by atoms with van der Waals surface area (Å²) < 4.78 is 0. The SMILES string of the molecule is c1ccc(-c2nc(-c3ccccc3)nc(-c3ccc(-c4ccnc5ccc6ccccc6c45)cc3)n2)cc1. The van der Waals surface area contributed by atoms with E-state index < -0.39 is 0 Å². The van der Waals surface area contributed by atoms with Crippen LogP contribution in [-0.4, -0.2) is 19.9 Å². The van der Waals surface area contributed by atoms with Gasteiger partial charge in [-0.15, -0.1) is 0 Å². The molecule has 5 aromatic carbocycles. The van der Waals surface area contributed by atoms with Crippen LogP contribution in [0.25, 0.3) is 67.0 Å². The normalized spacial score (nSPS) is 11.2. The number of pyridine rings is 1. The first-order chi connectivity index (χ1) is 18.8. The number of hydrogen-bond acceptors (Lipinski definition) is 4. The molecule has 0 fully saturated rings. The van der Waals surface area contributed by atoms with Crippen LogP contribution >= 0.6 is 0 Å². The summed E-state index contributed by atoms with van der Waals surface area (Å²) in [5, 5.41) is 3.57. The maximum Gasteiger partial charge on any atom is 0.164 e. The summed E-state index contributed by atoms with van der Waals surface area (Å²) >= 11 is 0. The lowest BCUT2D eigenvalue weighted by Gasteiger charge is -2.11. The van der Waals surface area contributed by atoms with Gasteiger partial charge in [0.15, 0.2) is 17.5 Å². The molecule has 7 rings (SSSR count). The molecule has 0 N–H and O–H groups in total. The number of hydrogen-bond donors (Lipinski definition) is 0.